The van der Waals surface area contributed by atoms with Gasteiger partial charge in [0.15, 0.2) is 22.9 Å². The zero-order chi connectivity index (χ0) is 18.7. The van der Waals surface area contributed by atoms with Gasteiger partial charge in [-0.05, 0) is 31.4 Å². The number of aryl methyl sites for hydroxylation is 1. The normalized spacial score (nSPS) is 10.7. The minimum Gasteiger partial charge on any atom is -0.396 e. The van der Waals surface area contributed by atoms with Crippen LogP contribution in [0.15, 0.2) is 21.7 Å². The number of hydrogen-bond donors (Lipinski definition) is 2. The van der Waals surface area contributed by atoms with Gasteiger partial charge in [0.2, 0.25) is 0 Å². The predicted octanol–water partition coefficient (Wildman–Crippen LogP) is 1.85. The van der Waals surface area contributed by atoms with Gasteiger partial charge in [-0.25, -0.2) is 9.78 Å². The van der Waals surface area contributed by atoms with Crippen LogP contribution in [0.2, 0.25) is 0 Å². The molecule has 0 saturated heterocycles. The number of aliphatic hydroxyl groups excluding tert-OH is 1. The van der Waals surface area contributed by atoms with Gasteiger partial charge in [-0.15, -0.1) is 0 Å². The number of aromatic nitrogens is 4. The van der Waals surface area contributed by atoms with Gasteiger partial charge < -0.3 is 9.67 Å². The average molecular weight is 350 g/mol. The Labute approximate surface area is 147 Å². The molecule has 2 aliphatic heterocycles. The van der Waals surface area contributed by atoms with E-state index < -0.39 is 11.2 Å². The number of unbranched alkanes of at least 4 members (excludes halogenated alkanes) is 2. The summed E-state index contributed by atoms with van der Waals surface area (Å²) in [6, 6.07) is 2.99. The van der Waals surface area contributed by atoms with Crippen LogP contribution in [0.4, 0.5) is 11.4 Å². The molecule has 1 aromatic carbocycles. The first-order valence-electron chi connectivity index (χ1n) is 7.93. The SMILES string of the molecule is [C-]#[N+]c1cc2nc3c(=O)[nH]c(=O)nc-3n(CCCCCO)c2cc1[N+]#[C-]. The zero-order valence-electron chi connectivity index (χ0n) is 13.7. The van der Waals surface area contributed by atoms with Gasteiger partial charge in [0.1, 0.15) is 0 Å². The molecular formula is C17H14N6O3. The number of hydrogen-bond acceptors (Lipinski definition) is 5. The fourth-order valence-electron chi connectivity index (χ4n) is 2.78. The van der Waals surface area contributed by atoms with Crippen LogP contribution in [0, 0.1) is 13.1 Å². The van der Waals surface area contributed by atoms with Crippen LogP contribution in [-0.4, -0.2) is 31.2 Å². The summed E-state index contributed by atoms with van der Waals surface area (Å²) in [5.74, 6) is 0.141. The Bertz CT molecular complexity index is 1150. The first-order valence-corrected chi connectivity index (χ1v) is 7.93. The van der Waals surface area contributed by atoms with Crippen LogP contribution >= 0.6 is 0 Å². The maximum absolute atomic E-state index is 12.1. The molecule has 0 unspecified atom stereocenters. The maximum atomic E-state index is 12.1. The number of nitrogens with zero attached hydrogens (tertiary/aromatic N) is 5. The topological polar surface area (TPSA) is 110 Å². The molecule has 0 aliphatic carbocycles. The highest BCUT2D eigenvalue weighted by molar-refractivity contribution is 5.90. The van der Waals surface area contributed by atoms with Gasteiger partial charge in [0.25, 0.3) is 5.56 Å². The van der Waals surface area contributed by atoms with Gasteiger partial charge in [0.05, 0.1) is 24.2 Å². The lowest BCUT2D eigenvalue weighted by molar-refractivity contribution is 0.282. The summed E-state index contributed by atoms with van der Waals surface area (Å²) < 4.78 is 1.67. The largest absolute Gasteiger partial charge is 0.396 e. The second-order valence-corrected chi connectivity index (χ2v) is 5.64. The molecule has 3 rings (SSSR count). The van der Waals surface area contributed by atoms with Crippen molar-refractivity contribution in [1.82, 2.24) is 19.5 Å². The summed E-state index contributed by atoms with van der Waals surface area (Å²) in [4.78, 5) is 40.7. The zero-order valence-corrected chi connectivity index (χ0v) is 13.7. The summed E-state index contributed by atoms with van der Waals surface area (Å²) in [5.41, 5.74) is -0.186. The standard InChI is InChI=1S/C17H14N6O3/c1-18-10-8-12-13(9-11(10)19-2)23(6-4-3-5-7-24)15-14(20-12)16(25)22-17(26)21-15/h8-9,24H,3-7H2,(H,22,25,26). The van der Waals surface area contributed by atoms with Crippen molar-refractivity contribution in [3.05, 3.63) is 55.8 Å². The van der Waals surface area contributed by atoms with Crippen LogP contribution in [-0.2, 0) is 6.54 Å². The van der Waals surface area contributed by atoms with Crippen molar-refractivity contribution in [2.24, 2.45) is 0 Å². The van der Waals surface area contributed by atoms with Gasteiger partial charge in [-0.3, -0.25) is 19.5 Å². The highest BCUT2D eigenvalue weighted by Crippen LogP contribution is 2.34. The van der Waals surface area contributed by atoms with Gasteiger partial charge in [0, 0.05) is 13.2 Å². The number of benzene rings is 1. The van der Waals surface area contributed by atoms with Crippen LogP contribution in [0.5, 0.6) is 0 Å². The molecule has 0 radical (unpaired) electrons. The van der Waals surface area contributed by atoms with E-state index in [1.54, 1.807) is 4.57 Å². The van der Waals surface area contributed by atoms with E-state index in [9.17, 15) is 9.59 Å². The van der Waals surface area contributed by atoms with Crippen LogP contribution in [0.25, 0.3) is 32.2 Å². The van der Waals surface area contributed by atoms with Crippen LogP contribution in [0.1, 0.15) is 19.3 Å². The summed E-state index contributed by atoms with van der Waals surface area (Å²) >= 11 is 0. The number of aliphatic hydroxyl groups is 1. The van der Waals surface area contributed by atoms with Crippen molar-refractivity contribution in [3.63, 3.8) is 0 Å². The molecule has 0 atom stereocenters. The molecule has 130 valence electrons. The fourth-order valence-corrected chi connectivity index (χ4v) is 2.78. The molecule has 0 bridgehead atoms. The van der Waals surface area contributed by atoms with Crippen molar-refractivity contribution in [2.75, 3.05) is 6.61 Å². The molecule has 0 amide bonds. The summed E-state index contributed by atoms with van der Waals surface area (Å²) in [6.45, 7) is 15.0. The van der Waals surface area contributed by atoms with Gasteiger partial charge >= 0.3 is 5.69 Å². The van der Waals surface area contributed by atoms with E-state index in [-0.39, 0.29) is 29.5 Å². The molecule has 0 aromatic heterocycles. The molecule has 26 heavy (non-hydrogen) atoms. The number of nitrogens with one attached hydrogen (secondary N) is 1. The monoisotopic (exact) mass is 350 g/mol. The van der Waals surface area contributed by atoms with E-state index in [2.05, 4.69) is 24.6 Å². The summed E-state index contributed by atoms with van der Waals surface area (Å²) in [5, 5.41) is 8.93. The second-order valence-electron chi connectivity index (χ2n) is 5.64. The Kier molecular flexibility index (Phi) is 4.74. The molecule has 9 nitrogen and oxygen atoms in total. The molecule has 0 fully saturated rings. The fraction of sp³-hybridized carbons (Fsp3) is 0.294. The molecule has 2 heterocycles. The highest BCUT2D eigenvalue weighted by atomic mass is 16.3. The third-order valence-electron chi connectivity index (χ3n) is 3.99. The van der Waals surface area contributed by atoms with E-state index in [1.165, 1.54) is 12.1 Å². The van der Waals surface area contributed by atoms with E-state index in [4.69, 9.17) is 18.3 Å². The van der Waals surface area contributed by atoms with E-state index in [0.29, 0.717) is 30.4 Å². The number of fused-ring (bicyclic) bond motifs is 2. The lowest BCUT2D eigenvalue weighted by Crippen LogP contribution is -2.28. The Morgan fingerprint density at radius 3 is 2.50 bits per heavy atom. The molecule has 0 spiro atoms. The molecule has 2 aliphatic rings. The van der Waals surface area contributed by atoms with E-state index in [1.807, 2.05) is 0 Å². The smallest absolute Gasteiger partial charge is 0.349 e. The molecule has 9 heteroatoms. The Balaban J connectivity index is 2.32. The summed E-state index contributed by atoms with van der Waals surface area (Å²) in [7, 11) is 0. The van der Waals surface area contributed by atoms with Gasteiger partial charge in [-0.2, -0.15) is 4.98 Å². The van der Waals surface area contributed by atoms with Crippen LogP contribution in [0.3, 0.4) is 0 Å². The van der Waals surface area contributed by atoms with Crippen molar-refractivity contribution in [2.45, 2.75) is 25.8 Å². The molecular weight excluding hydrogens is 336 g/mol. The van der Waals surface area contributed by atoms with Crippen molar-refractivity contribution in [1.29, 1.82) is 0 Å². The second kappa shape index (κ2) is 7.13. The quantitative estimate of drug-likeness (QED) is 0.415. The van der Waals surface area contributed by atoms with Gasteiger partial charge in [-0.1, -0.05) is 0 Å². The van der Waals surface area contributed by atoms with Crippen LogP contribution < -0.4 is 11.2 Å². The third-order valence-corrected chi connectivity index (χ3v) is 3.99. The molecule has 2 N–H and O–H groups in total. The van der Waals surface area contributed by atoms with Crippen molar-refractivity contribution in [3.8, 4) is 11.5 Å². The number of H-pyrrole nitrogens is 1. The average Bonchev–Trinajstić information content (AvgIpc) is 2.64. The van der Waals surface area contributed by atoms with Crippen molar-refractivity contribution < 1.29 is 5.11 Å². The highest BCUT2D eigenvalue weighted by Gasteiger charge is 2.19. The lowest BCUT2D eigenvalue weighted by atomic mass is 10.2. The minimum atomic E-state index is -0.768. The first kappa shape index (κ1) is 17.3. The maximum Gasteiger partial charge on any atom is 0.349 e. The predicted molar refractivity (Wildman–Crippen MR) is 94.5 cm³/mol. The van der Waals surface area contributed by atoms with E-state index >= 15 is 0 Å². The molecule has 1 aromatic rings. The Morgan fingerprint density at radius 1 is 1.08 bits per heavy atom. The first-order chi connectivity index (χ1) is 12.6. The number of aromatic amines is 1. The third kappa shape index (κ3) is 3.04. The van der Waals surface area contributed by atoms with Crippen molar-refractivity contribution >= 4 is 22.4 Å². The Hall–Kier alpha value is -3.56. The number of rotatable bonds is 5. The lowest BCUT2D eigenvalue weighted by Gasteiger charge is -2.17. The van der Waals surface area contributed by atoms with E-state index in [0.717, 1.165) is 6.42 Å². The minimum absolute atomic E-state index is 0.00533. The Morgan fingerprint density at radius 2 is 1.81 bits per heavy atom. The summed E-state index contributed by atoms with van der Waals surface area (Å²) in [6.07, 6.45) is 2.07. The molecule has 0 saturated carbocycles.